The Balaban J connectivity index is 1.87. The highest BCUT2D eigenvalue weighted by Crippen LogP contribution is 2.18. The number of halogens is 1. The SMILES string of the molecule is C[C@@H](NC(=O)CSc1nccn1C)c1cccc(Cl)c1. The van der Waals surface area contributed by atoms with Gasteiger partial charge in [-0.2, -0.15) is 0 Å². The predicted octanol–water partition coefficient (Wildman–Crippen LogP) is 3.04. The quantitative estimate of drug-likeness (QED) is 0.864. The van der Waals surface area contributed by atoms with E-state index in [1.807, 2.05) is 49.0 Å². The monoisotopic (exact) mass is 309 g/mol. The van der Waals surface area contributed by atoms with Crippen LogP contribution in [0, 0.1) is 0 Å². The van der Waals surface area contributed by atoms with E-state index < -0.39 is 0 Å². The zero-order valence-electron chi connectivity index (χ0n) is 11.3. The molecule has 20 heavy (non-hydrogen) atoms. The largest absolute Gasteiger partial charge is 0.349 e. The number of nitrogens with one attached hydrogen (secondary N) is 1. The number of thioether (sulfide) groups is 1. The van der Waals surface area contributed by atoms with Crippen LogP contribution in [0.25, 0.3) is 0 Å². The summed E-state index contributed by atoms with van der Waals surface area (Å²) in [7, 11) is 1.90. The molecule has 0 fully saturated rings. The third kappa shape index (κ3) is 4.02. The van der Waals surface area contributed by atoms with Gasteiger partial charge in [0.15, 0.2) is 5.16 Å². The van der Waals surface area contributed by atoms with Crippen LogP contribution in [0.5, 0.6) is 0 Å². The first-order valence-electron chi connectivity index (χ1n) is 6.21. The molecule has 6 heteroatoms. The predicted molar refractivity (Wildman–Crippen MR) is 81.9 cm³/mol. The van der Waals surface area contributed by atoms with Gasteiger partial charge in [-0.15, -0.1) is 0 Å². The average molecular weight is 310 g/mol. The highest BCUT2D eigenvalue weighted by atomic mass is 35.5. The van der Waals surface area contributed by atoms with Crippen molar-refractivity contribution in [2.45, 2.75) is 18.1 Å². The molecule has 0 saturated heterocycles. The van der Waals surface area contributed by atoms with Gasteiger partial charge in [-0.3, -0.25) is 4.79 Å². The number of imidazole rings is 1. The van der Waals surface area contributed by atoms with Gasteiger partial charge in [-0.05, 0) is 24.6 Å². The molecular formula is C14H16ClN3OS. The van der Waals surface area contributed by atoms with Gasteiger partial charge in [0, 0.05) is 24.5 Å². The molecule has 1 amide bonds. The van der Waals surface area contributed by atoms with E-state index in [0.717, 1.165) is 10.7 Å². The van der Waals surface area contributed by atoms with Crippen molar-refractivity contribution in [3.63, 3.8) is 0 Å². The Morgan fingerprint density at radius 3 is 3.00 bits per heavy atom. The Morgan fingerprint density at radius 2 is 2.35 bits per heavy atom. The van der Waals surface area contributed by atoms with Crippen molar-refractivity contribution in [2.75, 3.05) is 5.75 Å². The van der Waals surface area contributed by atoms with Gasteiger partial charge in [-0.25, -0.2) is 4.98 Å². The Bertz CT molecular complexity index is 600. The standard InChI is InChI=1S/C14H16ClN3OS/c1-10(11-4-3-5-12(15)8-11)17-13(19)9-20-14-16-6-7-18(14)2/h3-8,10H,9H2,1-2H3,(H,17,19)/t10-/m1/s1. The van der Waals surface area contributed by atoms with Crippen LogP contribution in [0.1, 0.15) is 18.5 Å². The van der Waals surface area contributed by atoms with Crippen molar-refractivity contribution >= 4 is 29.3 Å². The van der Waals surface area contributed by atoms with Gasteiger partial charge in [0.1, 0.15) is 0 Å². The van der Waals surface area contributed by atoms with E-state index in [1.165, 1.54) is 11.8 Å². The second-order valence-electron chi connectivity index (χ2n) is 4.45. The topological polar surface area (TPSA) is 46.9 Å². The van der Waals surface area contributed by atoms with Gasteiger partial charge in [0.05, 0.1) is 11.8 Å². The Hall–Kier alpha value is -1.46. The summed E-state index contributed by atoms with van der Waals surface area (Å²) in [6, 6.07) is 7.43. The molecule has 0 aliphatic carbocycles. The van der Waals surface area contributed by atoms with Crippen LogP contribution in [0.3, 0.4) is 0 Å². The fourth-order valence-corrected chi connectivity index (χ4v) is 2.71. The zero-order valence-corrected chi connectivity index (χ0v) is 12.9. The Kier molecular flexibility index (Phi) is 5.09. The highest BCUT2D eigenvalue weighted by molar-refractivity contribution is 7.99. The zero-order chi connectivity index (χ0) is 14.5. The van der Waals surface area contributed by atoms with E-state index in [9.17, 15) is 4.79 Å². The second-order valence-corrected chi connectivity index (χ2v) is 5.83. The lowest BCUT2D eigenvalue weighted by Gasteiger charge is -2.14. The fraction of sp³-hybridized carbons (Fsp3) is 0.286. The summed E-state index contributed by atoms with van der Waals surface area (Å²) < 4.78 is 1.89. The van der Waals surface area contributed by atoms with E-state index >= 15 is 0 Å². The van der Waals surface area contributed by atoms with Crippen molar-refractivity contribution in [3.05, 3.63) is 47.2 Å². The molecule has 1 aromatic heterocycles. The lowest BCUT2D eigenvalue weighted by molar-refractivity contribution is -0.119. The molecule has 0 saturated carbocycles. The number of hydrogen-bond acceptors (Lipinski definition) is 3. The first-order chi connectivity index (χ1) is 9.56. The van der Waals surface area contributed by atoms with Gasteiger partial charge in [0.25, 0.3) is 0 Å². The molecule has 1 N–H and O–H groups in total. The summed E-state index contributed by atoms with van der Waals surface area (Å²) in [6.07, 6.45) is 3.57. The average Bonchev–Trinajstić information content (AvgIpc) is 2.82. The first kappa shape index (κ1) is 14.9. The third-order valence-electron chi connectivity index (χ3n) is 2.84. The number of amides is 1. The van der Waals surface area contributed by atoms with Crippen LogP contribution in [0.4, 0.5) is 0 Å². The summed E-state index contributed by atoms with van der Waals surface area (Å²) in [5, 5.41) is 4.45. The minimum Gasteiger partial charge on any atom is -0.349 e. The molecule has 0 radical (unpaired) electrons. The van der Waals surface area contributed by atoms with E-state index in [0.29, 0.717) is 10.8 Å². The van der Waals surface area contributed by atoms with Crippen molar-refractivity contribution in [2.24, 2.45) is 7.05 Å². The minimum atomic E-state index is -0.0665. The normalized spacial score (nSPS) is 12.2. The van der Waals surface area contributed by atoms with E-state index in [1.54, 1.807) is 6.20 Å². The van der Waals surface area contributed by atoms with Gasteiger partial charge in [0.2, 0.25) is 5.91 Å². The molecule has 4 nitrogen and oxygen atoms in total. The molecule has 0 spiro atoms. The van der Waals surface area contributed by atoms with Crippen LogP contribution >= 0.6 is 23.4 Å². The third-order valence-corrected chi connectivity index (χ3v) is 4.13. The van der Waals surface area contributed by atoms with Crippen LogP contribution in [-0.2, 0) is 11.8 Å². The number of nitrogens with zero attached hydrogens (tertiary/aromatic N) is 2. The van der Waals surface area contributed by atoms with Crippen molar-refractivity contribution < 1.29 is 4.79 Å². The molecule has 0 unspecified atom stereocenters. The summed E-state index contributed by atoms with van der Waals surface area (Å²) in [4.78, 5) is 16.1. The highest BCUT2D eigenvalue weighted by Gasteiger charge is 2.11. The van der Waals surface area contributed by atoms with E-state index in [4.69, 9.17) is 11.6 Å². The van der Waals surface area contributed by atoms with Crippen LogP contribution in [0.2, 0.25) is 5.02 Å². The molecule has 0 aliphatic heterocycles. The van der Waals surface area contributed by atoms with Crippen LogP contribution in [-0.4, -0.2) is 21.2 Å². The summed E-state index contributed by atoms with van der Waals surface area (Å²) in [5.41, 5.74) is 0.993. The molecule has 106 valence electrons. The fourth-order valence-electron chi connectivity index (χ4n) is 1.76. The maximum absolute atomic E-state index is 11.9. The van der Waals surface area contributed by atoms with Crippen molar-refractivity contribution in [3.8, 4) is 0 Å². The smallest absolute Gasteiger partial charge is 0.230 e. The number of carbonyl (C=O) groups is 1. The maximum atomic E-state index is 11.9. The number of aryl methyl sites for hydroxylation is 1. The van der Waals surface area contributed by atoms with Crippen LogP contribution < -0.4 is 5.32 Å². The summed E-state index contributed by atoms with van der Waals surface area (Å²) in [6.45, 7) is 1.94. The Morgan fingerprint density at radius 1 is 1.55 bits per heavy atom. The molecule has 2 rings (SSSR count). The van der Waals surface area contributed by atoms with E-state index in [-0.39, 0.29) is 11.9 Å². The summed E-state index contributed by atoms with van der Waals surface area (Å²) >= 11 is 7.36. The molecular weight excluding hydrogens is 294 g/mol. The summed E-state index contributed by atoms with van der Waals surface area (Å²) in [5.74, 6) is 0.320. The molecule has 0 aliphatic rings. The number of rotatable bonds is 5. The minimum absolute atomic E-state index is 0.0227. The second kappa shape index (κ2) is 6.81. The number of carbonyl (C=O) groups excluding carboxylic acids is 1. The van der Waals surface area contributed by atoms with Gasteiger partial charge < -0.3 is 9.88 Å². The molecule has 1 atom stereocenters. The number of aromatic nitrogens is 2. The number of benzene rings is 1. The van der Waals surface area contributed by atoms with E-state index in [2.05, 4.69) is 10.3 Å². The van der Waals surface area contributed by atoms with Crippen LogP contribution in [0.15, 0.2) is 41.8 Å². The number of hydrogen-bond donors (Lipinski definition) is 1. The molecule has 0 bridgehead atoms. The lowest BCUT2D eigenvalue weighted by atomic mass is 10.1. The first-order valence-corrected chi connectivity index (χ1v) is 7.57. The lowest BCUT2D eigenvalue weighted by Crippen LogP contribution is -2.28. The van der Waals surface area contributed by atoms with Gasteiger partial charge in [-0.1, -0.05) is 35.5 Å². The molecule has 1 heterocycles. The van der Waals surface area contributed by atoms with Crippen molar-refractivity contribution in [1.82, 2.24) is 14.9 Å². The Labute approximate surface area is 127 Å². The maximum Gasteiger partial charge on any atom is 0.230 e. The molecule has 1 aromatic carbocycles. The van der Waals surface area contributed by atoms with Crippen molar-refractivity contribution in [1.29, 1.82) is 0 Å². The van der Waals surface area contributed by atoms with Gasteiger partial charge >= 0.3 is 0 Å². The molecule has 2 aromatic rings.